The summed E-state index contributed by atoms with van der Waals surface area (Å²) >= 11 is 0. The van der Waals surface area contributed by atoms with E-state index in [2.05, 4.69) is 53.2 Å². The summed E-state index contributed by atoms with van der Waals surface area (Å²) in [5.41, 5.74) is 3.43. The van der Waals surface area contributed by atoms with E-state index >= 15 is 0 Å². The molecule has 146 valence electrons. The van der Waals surface area contributed by atoms with Gasteiger partial charge in [0, 0.05) is 18.2 Å². The monoisotopic (exact) mass is 377 g/mol. The zero-order valence-corrected chi connectivity index (χ0v) is 16.8. The van der Waals surface area contributed by atoms with Crippen molar-refractivity contribution in [1.82, 2.24) is 15.1 Å². The van der Waals surface area contributed by atoms with Crippen LogP contribution in [0.1, 0.15) is 36.8 Å². The third kappa shape index (κ3) is 4.42. The topological polar surface area (TPSA) is 51.4 Å². The van der Waals surface area contributed by atoms with Crippen LogP contribution in [0.5, 0.6) is 5.75 Å². The number of aromatic nitrogens is 2. The van der Waals surface area contributed by atoms with Crippen LogP contribution in [-0.2, 0) is 13.1 Å². The molecule has 0 aliphatic heterocycles. The van der Waals surface area contributed by atoms with Crippen molar-refractivity contribution in [2.75, 3.05) is 7.11 Å². The van der Waals surface area contributed by atoms with Crippen molar-refractivity contribution in [1.29, 1.82) is 0 Å². The van der Waals surface area contributed by atoms with E-state index in [4.69, 9.17) is 9.15 Å². The van der Waals surface area contributed by atoms with Crippen molar-refractivity contribution in [3.63, 3.8) is 0 Å². The lowest BCUT2D eigenvalue weighted by Gasteiger charge is -2.28. The number of hydrogen-bond acceptors (Lipinski definition) is 5. The van der Waals surface area contributed by atoms with Crippen molar-refractivity contribution < 1.29 is 9.15 Å². The van der Waals surface area contributed by atoms with Gasteiger partial charge in [-0.1, -0.05) is 29.8 Å². The average molecular weight is 377 g/mol. The Morgan fingerprint density at radius 1 is 1.04 bits per heavy atom. The van der Waals surface area contributed by atoms with Crippen molar-refractivity contribution >= 4 is 0 Å². The first-order valence-electron chi connectivity index (χ1n) is 9.89. The molecule has 1 aliphatic carbocycles. The summed E-state index contributed by atoms with van der Waals surface area (Å²) in [6.07, 6.45) is 2.61. The molecule has 0 N–H and O–H groups in total. The normalized spacial score (nSPS) is 15.0. The molecule has 5 heteroatoms. The lowest BCUT2D eigenvalue weighted by atomic mass is 10.1. The van der Waals surface area contributed by atoms with E-state index in [-0.39, 0.29) is 0 Å². The number of nitrogens with zero attached hydrogens (tertiary/aromatic N) is 3. The second-order valence-corrected chi connectivity index (χ2v) is 7.70. The molecule has 0 radical (unpaired) electrons. The highest BCUT2D eigenvalue weighted by Crippen LogP contribution is 2.36. The summed E-state index contributed by atoms with van der Waals surface area (Å²) in [7, 11) is 1.69. The maximum atomic E-state index is 5.98. The molecule has 0 spiro atoms. The molecule has 1 unspecified atom stereocenters. The highest BCUT2D eigenvalue weighted by molar-refractivity contribution is 5.52. The van der Waals surface area contributed by atoms with E-state index in [0.29, 0.717) is 24.4 Å². The summed E-state index contributed by atoms with van der Waals surface area (Å²) in [5, 5.41) is 8.57. The fraction of sp³-hybridized carbons (Fsp3) is 0.391. The molecule has 1 atom stereocenters. The standard InChI is InChI=1S/C23H27N3O2/c1-16-4-8-20(9-5-16)23-25-24-22(28-23)15-26(17(2)19-10-11-19)14-18-6-12-21(27-3)13-7-18/h4-9,12-13,17,19H,10-11,14-15H2,1-3H3. The van der Waals surface area contributed by atoms with Gasteiger partial charge in [-0.05, 0) is 62.4 Å². The number of benzene rings is 2. The van der Waals surface area contributed by atoms with E-state index in [1.807, 2.05) is 24.3 Å². The molecule has 0 amide bonds. The molecule has 1 aromatic heterocycles. The first kappa shape index (κ1) is 18.7. The molecule has 1 aliphatic rings. The zero-order chi connectivity index (χ0) is 19.5. The molecular weight excluding hydrogens is 350 g/mol. The Labute approximate surface area is 166 Å². The van der Waals surface area contributed by atoms with Crippen molar-refractivity contribution in [3.8, 4) is 17.2 Å². The molecule has 5 nitrogen and oxygen atoms in total. The summed E-state index contributed by atoms with van der Waals surface area (Å²) in [6, 6.07) is 16.9. The summed E-state index contributed by atoms with van der Waals surface area (Å²) in [6.45, 7) is 5.88. The van der Waals surface area contributed by atoms with Gasteiger partial charge in [0.25, 0.3) is 0 Å². The Kier molecular flexibility index (Phi) is 5.44. The lowest BCUT2D eigenvalue weighted by Crippen LogP contribution is -2.33. The molecule has 28 heavy (non-hydrogen) atoms. The molecule has 0 saturated heterocycles. The van der Waals surface area contributed by atoms with Gasteiger partial charge in [-0.2, -0.15) is 0 Å². The van der Waals surface area contributed by atoms with Crippen molar-refractivity contribution in [2.45, 2.75) is 45.8 Å². The molecule has 3 aromatic rings. The minimum absolute atomic E-state index is 0.483. The summed E-state index contributed by atoms with van der Waals surface area (Å²) in [5.74, 6) is 2.89. The molecule has 4 rings (SSSR count). The SMILES string of the molecule is COc1ccc(CN(Cc2nnc(-c3ccc(C)cc3)o2)C(C)C2CC2)cc1. The van der Waals surface area contributed by atoms with Gasteiger partial charge in [0.15, 0.2) is 0 Å². The van der Waals surface area contributed by atoms with Crippen molar-refractivity contribution in [2.24, 2.45) is 5.92 Å². The van der Waals surface area contributed by atoms with Gasteiger partial charge < -0.3 is 9.15 Å². The third-order valence-corrected chi connectivity index (χ3v) is 5.53. The third-order valence-electron chi connectivity index (χ3n) is 5.53. The quantitative estimate of drug-likeness (QED) is 0.561. The van der Waals surface area contributed by atoms with Crippen LogP contribution in [0.15, 0.2) is 52.9 Å². The molecule has 2 aromatic carbocycles. The van der Waals surface area contributed by atoms with Crippen LogP contribution >= 0.6 is 0 Å². The Balaban J connectivity index is 1.49. The van der Waals surface area contributed by atoms with Gasteiger partial charge in [0.05, 0.1) is 13.7 Å². The van der Waals surface area contributed by atoms with E-state index in [1.54, 1.807) is 7.11 Å². The number of rotatable bonds is 8. The predicted molar refractivity (Wildman–Crippen MR) is 109 cm³/mol. The second kappa shape index (κ2) is 8.15. The fourth-order valence-electron chi connectivity index (χ4n) is 3.49. The van der Waals surface area contributed by atoms with E-state index in [0.717, 1.165) is 23.8 Å². The molecule has 1 fully saturated rings. The van der Waals surface area contributed by atoms with Gasteiger partial charge in [0.1, 0.15) is 5.75 Å². The molecule has 1 saturated carbocycles. The number of ether oxygens (including phenoxy) is 1. The number of hydrogen-bond donors (Lipinski definition) is 0. The van der Waals surface area contributed by atoms with E-state index in [1.165, 1.54) is 24.0 Å². The van der Waals surface area contributed by atoms with Gasteiger partial charge >= 0.3 is 0 Å². The zero-order valence-electron chi connectivity index (χ0n) is 16.8. The van der Waals surface area contributed by atoms with Gasteiger partial charge in [-0.15, -0.1) is 10.2 Å². The van der Waals surface area contributed by atoms with Crippen LogP contribution in [0.4, 0.5) is 0 Å². The first-order chi connectivity index (χ1) is 13.6. The minimum Gasteiger partial charge on any atom is -0.497 e. The largest absolute Gasteiger partial charge is 0.497 e. The van der Waals surface area contributed by atoms with E-state index in [9.17, 15) is 0 Å². The molecule has 0 bridgehead atoms. The lowest BCUT2D eigenvalue weighted by molar-refractivity contribution is 0.156. The first-order valence-corrected chi connectivity index (χ1v) is 9.89. The van der Waals surface area contributed by atoms with Gasteiger partial charge in [-0.25, -0.2) is 0 Å². The molecular formula is C23H27N3O2. The van der Waals surface area contributed by atoms with E-state index < -0.39 is 0 Å². The highest BCUT2D eigenvalue weighted by Gasteiger charge is 2.32. The smallest absolute Gasteiger partial charge is 0.247 e. The minimum atomic E-state index is 0.483. The maximum Gasteiger partial charge on any atom is 0.247 e. The summed E-state index contributed by atoms with van der Waals surface area (Å²) in [4.78, 5) is 2.44. The maximum absolute atomic E-state index is 5.98. The van der Waals surface area contributed by atoms with Crippen LogP contribution in [-0.4, -0.2) is 28.2 Å². The van der Waals surface area contributed by atoms with Gasteiger partial charge in [0.2, 0.25) is 11.8 Å². The number of aryl methyl sites for hydroxylation is 1. The highest BCUT2D eigenvalue weighted by atomic mass is 16.5. The van der Waals surface area contributed by atoms with Crippen LogP contribution in [0, 0.1) is 12.8 Å². The second-order valence-electron chi connectivity index (χ2n) is 7.70. The fourth-order valence-corrected chi connectivity index (χ4v) is 3.49. The predicted octanol–water partition coefficient (Wildman–Crippen LogP) is 4.85. The number of methoxy groups -OCH3 is 1. The van der Waals surface area contributed by atoms with Crippen LogP contribution < -0.4 is 4.74 Å². The van der Waals surface area contributed by atoms with Crippen LogP contribution in [0.2, 0.25) is 0 Å². The Morgan fingerprint density at radius 2 is 1.75 bits per heavy atom. The van der Waals surface area contributed by atoms with Crippen LogP contribution in [0.25, 0.3) is 11.5 Å². The van der Waals surface area contributed by atoms with Crippen LogP contribution in [0.3, 0.4) is 0 Å². The van der Waals surface area contributed by atoms with Crippen molar-refractivity contribution in [3.05, 3.63) is 65.5 Å². The Bertz CT molecular complexity index is 898. The Hall–Kier alpha value is -2.66. The van der Waals surface area contributed by atoms with Gasteiger partial charge in [-0.3, -0.25) is 4.90 Å². The summed E-state index contributed by atoms with van der Waals surface area (Å²) < 4.78 is 11.3. The Morgan fingerprint density at radius 3 is 2.39 bits per heavy atom. The average Bonchev–Trinajstić information content (AvgIpc) is 3.47. The molecule has 1 heterocycles.